The molecule has 0 aromatic heterocycles. The third kappa shape index (κ3) is 2.72. The first kappa shape index (κ1) is 8.78. The molecular weight excluding hydrogens is 140 g/mol. The lowest BCUT2D eigenvalue weighted by Crippen LogP contribution is -2.26. The molecule has 0 saturated carbocycles. The van der Waals surface area contributed by atoms with E-state index in [9.17, 15) is 4.79 Å². The first-order valence-electron chi connectivity index (χ1n) is 2.61. The maximum atomic E-state index is 10.2. The maximum absolute atomic E-state index is 10.2. The Balaban J connectivity index is 3.83. The van der Waals surface area contributed by atoms with Crippen molar-refractivity contribution in [3.05, 3.63) is 0 Å². The molecule has 0 aromatic rings. The molecule has 0 amide bonds. The first-order valence-corrected chi connectivity index (χ1v) is 3.24. The van der Waals surface area contributed by atoms with Crippen LogP contribution >= 0.6 is 12.6 Å². The Kier molecular flexibility index (Phi) is 3.65. The topological polar surface area (TPSA) is 57.5 Å². The Labute approximate surface area is 59.1 Å². The van der Waals surface area contributed by atoms with Crippen molar-refractivity contribution in [3.63, 3.8) is 0 Å². The van der Waals surface area contributed by atoms with Gasteiger partial charge in [-0.3, -0.25) is 4.79 Å². The molecule has 0 aliphatic carbocycles. The normalized spacial score (nSPS) is 16.8. The van der Waals surface area contributed by atoms with Crippen molar-refractivity contribution in [3.8, 4) is 0 Å². The van der Waals surface area contributed by atoms with Crippen molar-refractivity contribution >= 4 is 18.6 Å². The van der Waals surface area contributed by atoms with Crippen LogP contribution in [0.4, 0.5) is 0 Å². The summed E-state index contributed by atoms with van der Waals surface area (Å²) in [5.41, 5.74) is 0. The summed E-state index contributed by atoms with van der Waals surface area (Å²) >= 11 is 3.75. The number of thiol groups is 1. The van der Waals surface area contributed by atoms with E-state index in [0.29, 0.717) is 0 Å². The molecule has 4 heteroatoms. The molecule has 9 heavy (non-hydrogen) atoms. The third-order valence-corrected chi connectivity index (χ3v) is 1.49. The molecule has 0 bridgehead atoms. The van der Waals surface area contributed by atoms with E-state index in [2.05, 4.69) is 12.6 Å². The molecule has 0 heterocycles. The van der Waals surface area contributed by atoms with E-state index in [1.54, 1.807) is 0 Å². The molecule has 0 aliphatic rings. The fourth-order valence-corrected chi connectivity index (χ4v) is 0.898. The Hall–Kier alpha value is -0.220. The van der Waals surface area contributed by atoms with Crippen LogP contribution in [0.15, 0.2) is 0 Å². The van der Waals surface area contributed by atoms with E-state index in [0.717, 1.165) is 0 Å². The molecule has 0 spiro atoms. The van der Waals surface area contributed by atoms with Gasteiger partial charge in [0, 0.05) is 5.75 Å². The van der Waals surface area contributed by atoms with Gasteiger partial charge in [0.25, 0.3) is 0 Å². The minimum Gasteiger partial charge on any atom is -0.481 e. The highest BCUT2D eigenvalue weighted by molar-refractivity contribution is 7.80. The average molecular weight is 150 g/mol. The lowest BCUT2D eigenvalue weighted by atomic mass is 10.1. The van der Waals surface area contributed by atoms with Gasteiger partial charge in [-0.2, -0.15) is 12.6 Å². The Morgan fingerprint density at radius 1 is 1.78 bits per heavy atom. The van der Waals surface area contributed by atoms with Crippen LogP contribution in [-0.4, -0.2) is 28.0 Å². The minimum atomic E-state index is -1.000. The van der Waals surface area contributed by atoms with Gasteiger partial charge in [0.1, 0.15) is 0 Å². The van der Waals surface area contributed by atoms with Gasteiger partial charge < -0.3 is 10.2 Å². The average Bonchev–Trinajstić information content (AvgIpc) is 1.64. The van der Waals surface area contributed by atoms with Crippen LogP contribution in [-0.2, 0) is 4.79 Å². The van der Waals surface area contributed by atoms with Crippen molar-refractivity contribution < 1.29 is 15.0 Å². The quantitative estimate of drug-likeness (QED) is 0.496. The van der Waals surface area contributed by atoms with Crippen molar-refractivity contribution in [1.29, 1.82) is 0 Å². The molecule has 54 valence electrons. The van der Waals surface area contributed by atoms with E-state index >= 15 is 0 Å². The summed E-state index contributed by atoms with van der Waals surface area (Å²) in [5.74, 6) is -1.57. The van der Waals surface area contributed by atoms with Gasteiger partial charge in [0.2, 0.25) is 0 Å². The van der Waals surface area contributed by atoms with Crippen LogP contribution in [0.1, 0.15) is 6.92 Å². The second-order valence-corrected chi connectivity index (χ2v) is 2.23. The molecule has 2 atom stereocenters. The summed E-state index contributed by atoms with van der Waals surface area (Å²) in [6.07, 6.45) is -0.819. The number of aliphatic hydroxyl groups excluding tert-OH is 1. The highest BCUT2D eigenvalue weighted by Gasteiger charge is 2.20. The SMILES string of the molecule is CC(O)C(CS)C(=O)O. The number of carboxylic acid groups (broad SMARTS) is 1. The van der Waals surface area contributed by atoms with Crippen LogP contribution in [0.3, 0.4) is 0 Å². The number of aliphatic carboxylic acids is 1. The van der Waals surface area contributed by atoms with Crippen LogP contribution < -0.4 is 0 Å². The summed E-state index contributed by atoms with van der Waals surface area (Å²) in [6.45, 7) is 1.44. The zero-order chi connectivity index (χ0) is 7.44. The van der Waals surface area contributed by atoms with E-state index in [4.69, 9.17) is 10.2 Å². The van der Waals surface area contributed by atoms with Crippen LogP contribution in [0.2, 0.25) is 0 Å². The number of hydrogen-bond donors (Lipinski definition) is 3. The molecule has 0 aliphatic heterocycles. The van der Waals surface area contributed by atoms with Crippen LogP contribution in [0, 0.1) is 5.92 Å². The van der Waals surface area contributed by atoms with E-state index in [-0.39, 0.29) is 5.75 Å². The summed E-state index contributed by atoms with van der Waals surface area (Å²) in [5, 5.41) is 17.1. The van der Waals surface area contributed by atoms with Crippen molar-refractivity contribution in [2.45, 2.75) is 13.0 Å². The van der Waals surface area contributed by atoms with Gasteiger partial charge in [-0.05, 0) is 6.92 Å². The van der Waals surface area contributed by atoms with Gasteiger partial charge in [0.15, 0.2) is 0 Å². The second kappa shape index (κ2) is 3.74. The Bertz CT molecular complexity index is 102. The van der Waals surface area contributed by atoms with Crippen molar-refractivity contribution in [1.82, 2.24) is 0 Å². The summed E-state index contributed by atoms with van der Waals surface area (Å²) in [7, 11) is 0. The molecule has 2 unspecified atom stereocenters. The van der Waals surface area contributed by atoms with Gasteiger partial charge in [-0.1, -0.05) is 0 Å². The van der Waals surface area contributed by atoms with E-state index in [1.165, 1.54) is 6.92 Å². The maximum Gasteiger partial charge on any atom is 0.309 e. The first-order chi connectivity index (χ1) is 4.09. The van der Waals surface area contributed by atoms with E-state index < -0.39 is 18.0 Å². The number of aliphatic hydroxyl groups is 1. The number of rotatable bonds is 3. The lowest BCUT2D eigenvalue weighted by Gasteiger charge is -2.10. The predicted octanol–water partition coefficient (Wildman–Crippen LogP) is -0.00220. The van der Waals surface area contributed by atoms with Gasteiger partial charge in [-0.15, -0.1) is 0 Å². The molecule has 0 fully saturated rings. The highest BCUT2D eigenvalue weighted by atomic mass is 32.1. The van der Waals surface area contributed by atoms with Crippen LogP contribution in [0.25, 0.3) is 0 Å². The lowest BCUT2D eigenvalue weighted by molar-refractivity contribution is -0.144. The molecular formula is C5H10O3S. The molecule has 2 N–H and O–H groups in total. The summed E-state index contributed by atoms with van der Waals surface area (Å²) < 4.78 is 0. The van der Waals surface area contributed by atoms with Crippen molar-refractivity contribution in [2.75, 3.05) is 5.75 Å². The Morgan fingerprint density at radius 3 is 2.22 bits per heavy atom. The standard InChI is InChI=1S/C5H10O3S/c1-3(6)4(2-9)5(7)8/h3-4,6,9H,2H2,1H3,(H,7,8). The minimum absolute atomic E-state index is 0.174. The second-order valence-electron chi connectivity index (χ2n) is 1.87. The summed E-state index contributed by atoms with van der Waals surface area (Å²) in [6, 6.07) is 0. The number of carbonyl (C=O) groups is 1. The smallest absolute Gasteiger partial charge is 0.309 e. The highest BCUT2D eigenvalue weighted by Crippen LogP contribution is 2.04. The zero-order valence-corrected chi connectivity index (χ0v) is 6.01. The fraction of sp³-hybridized carbons (Fsp3) is 0.800. The molecule has 0 aromatic carbocycles. The van der Waals surface area contributed by atoms with Gasteiger partial charge in [0.05, 0.1) is 12.0 Å². The largest absolute Gasteiger partial charge is 0.481 e. The monoisotopic (exact) mass is 150 g/mol. The molecule has 0 saturated heterocycles. The predicted molar refractivity (Wildman–Crippen MR) is 36.7 cm³/mol. The van der Waals surface area contributed by atoms with Gasteiger partial charge >= 0.3 is 5.97 Å². The van der Waals surface area contributed by atoms with E-state index in [1.807, 2.05) is 0 Å². The summed E-state index contributed by atoms with van der Waals surface area (Å²) in [4.78, 5) is 10.2. The fourth-order valence-electron chi connectivity index (χ4n) is 0.437. The molecule has 0 rings (SSSR count). The molecule has 0 radical (unpaired) electrons. The zero-order valence-electron chi connectivity index (χ0n) is 5.11. The Morgan fingerprint density at radius 2 is 2.22 bits per heavy atom. The number of hydrogen-bond acceptors (Lipinski definition) is 3. The van der Waals surface area contributed by atoms with Crippen LogP contribution in [0.5, 0.6) is 0 Å². The number of carboxylic acids is 1. The van der Waals surface area contributed by atoms with Gasteiger partial charge in [-0.25, -0.2) is 0 Å². The molecule has 3 nitrogen and oxygen atoms in total. The van der Waals surface area contributed by atoms with Crippen molar-refractivity contribution in [2.24, 2.45) is 5.92 Å². The third-order valence-electron chi connectivity index (χ3n) is 1.10.